The second-order valence-electron chi connectivity index (χ2n) is 9.75. The molecule has 0 aliphatic rings. The van der Waals surface area contributed by atoms with Crippen molar-refractivity contribution in [2.45, 2.75) is 38.9 Å². The van der Waals surface area contributed by atoms with Gasteiger partial charge in [0.2, 0.25) is 0 Å². The molecule has 0 unspecified atom stereocenters. The van der Waals surface area contributed by atoms with Crippen molar-refractivity contribution in [1.82, 2.24) is 0 Å². The average Bonchev–Trinajstić information content (AvgIpc) is 3.22. The number of furan rings is 1. The van der Waals surface area contributed by atoms with E-state index in [4.69, 9.17) is 9.07 Å². The Morgan fingerprint density at radius 2 is 1.32 bits per heavy atom. The molecule has 0 atom stereocenters. The van der Waals surface area contributed by atoms with Crippen LogP contribution in [0.15, 0.2) is 95.4 Å². The molecule has 1 N–H and O–H groups in total. The molecule has 0 aliphatic carbocycles. The molecular formula is C30H28BO3. The maximum Gasteiger partial charge on any atom is 0.331 e. The van der Waals surface area contributed by atoms with E-state index in [1.165, 1.54) is 11.1 Å². The van der Waals surface area contributed by atoms with Crippen molar-refractivity contribution >= 4 is 34.9 Å². The number of benzene rings is 4. The van der Waals surface area contributed by atoms with Gasteiger partial charge in [0.1, 0.15) is 11.2 Å². The van der Waals surface area contributed by atoms with Gasteiger partial charge in [-0.1, -0.05) is 84.9 Å². The van der Waals surface area contributed by atoms with Crippen molar-refractivity contribution < 1.29 is 14.2 Å². The fourth-order valence-corrected chi connectivity index (χ4v) is 4.01. The summed E-state index contributed by atoms with van der Waals surface area (Å²) in [6.45, 7) is 7.28. The molecule has 1 aromatic heterocycles. The molecule has 34 heavy (non-hydrogen) atoms. The minimum absolute atomic E-state index is 0.759. The lowest BCUT2D eigenvalue weighted by molar-refractivity contribution is -0.0893. The van der Waals surface area contributed by atoms with Crippen molar-refractivity contribution in [2.75, 3.05) is 0 Å². The Labute approximate surface area is 201 Å². The first-order valence-corrected chi connectivity index (χ1v) is 11.6. The molecule has 0 aliphatic heterocycles. The topological polar surface area (TPSA) is 42.6 Å². The SMILES string of the molecule is CC(C)(O)C(C)(C)O[B]c1ccc(-c2ccc(-c3ccccc3)cc2)c2oc3ccccc3c12. The van der Waals surface area contributed by atoms with Crippen molar-refractivity contribution in [3.8, 4) is 22.3 Å². The zero-order chi connectivity index (χ0) is 23.9. The number of aliphatic hydroxyl groups is 1. The number of para-hydroxylation sites is 1. The van der Waals surface area contributed by atoms with Crippen molar-refractivity contribution in [1.29, 1.82) is 0 Å². The molecule has 5 aromatic rings. The standard InChI is InChI=1S/C30H28BO3/c1-29(2,32)30(3,4)34-31-25-19-18-23(28-27(25)24-12-8-9-13-26(24)33-28)22-16-14-21(15-17-22)20-10-6-5-7-11-20/h5-19,32H,1-4H3. The van der Waals surface area contributed by atoms with E-state index in [2.05, 4.69) is 66.7 Å². The molecule has 4 aromatic carbocycles. The van der Waals surface area contributed by atoms with Crippen LogP contribution in [0.1, 0.15) is 27.7 Å². The third-order valence-electron chi connectivity index (χ3n) is 6.82. The van der Waals surface area contributed by atoms with Gasteiger partial charge in [-0.3, -0.25) is 0 Å². The van der Waals surface area contributed by atoms with Gasteiger partial charge in [-0.25, -0.2) is 0 Å². The Balaban J connectivity index is 1.59. The van der Waals surface area contributed by atoms with E-state index >= 15 is 0 Å². The van der Waals surface area contributed by atoms with Gasteiger partial charge in [0.25, 0.3) is 0 Å². The Bertz CT molecular complexity index is 1440. The molecule has 1 radical (unpaired) electrons. The molecule has 0 spiro atoms. The van der Waals surface area contributed by atoms with Crippen LogP contribution in [-0.4, -0.2) is 23.8 Å². The van der Waals surface area contributed by atoms with E-state index in [1.54, 1.807) is 21.3 Å². The maximum atomic E-state index is 10.5. The van der Waals surface area contributed by atoms with Crippen LogP contribution in [0.2, 0.25) is 0 Å². The minimum Gasteiger partial charge on any atom is -0.455 e. The quantitative estimate of drug-likeness (QED) is 0.294. The molecule has 0 saturated heterocycles. The predicted molar refractivity (Wildman–Crippen MR) is 141 cm³/mol. The summed E-state index contributed by atoms with van der Waals surface area (Å²) < 4.78 is 12.5. The molecule has 0 saturated carbocycles. The lowest BCUT2D eigenvalue weighted by Crippen LogP contribution is -2.49. The first kappa shape index (κ1) is 22.5. The number of hydrogen-bond acceptors (Lipinski definition) is 3. The van der Waals surface area contributed by atoms with E-state index in [0.29, 0.717) is 0 Å². The van der Waals surface area contributed by atoms with Gasteiger partial charge in [0, 0.05) is 16.3 Å². The maximum absolute atomic E-state index is 10.5. The van der Waals surface area contributed by atoms with Gasteiger partial charge in [-0.2, -0.15) is 0 Å². The summed E-state index contributed by atoms with van der Waals surface area (Å²) in [5.74, 6) is 0. The fraction of sp³-hybridized carbons (Fsp3) is 0.200. The third-order valence-corrected chi connectivity index (χ3v) is 6.82. The summed E-state index contributed by atoms with van der Waals surface area (Å²) in [6, 6.07) is 31.1. The van der Waals surface area contributed by atoms with Crippen LogP contribution in [0.3, 0.4) is 0 Å². The van der Waals surface area contributed by atoms with E-state index in [9.17, 15) is 5.11 Å². The second kappa shape index (κ2) is 8.46. The molecule has 0 fully saturated rings. The highest BCUT2D eigenvalue weighted by Crippen LogP contribution is 2.36. The van der Waals surface area contributed by atoms with Crippen LogP contribution >= 0.6 is 0 Å². The van der Waals surface area contributed by atoms with E-state index in [0.717, 1.165) is 38.5 Å². The molecule has 5 rings (SSSR count). The minimum atomic E-state index is -0.998. The Morgan fingerprint density at radius 3 is 2.03 bits per heavy atom. The molecule has 0 bridgehead atoms. The van der Waals surface area contributed by atoms with Gasteiger partial charge >= 0.3 is 7.48 Å². The van der Waals surface area contributed by atoms with Crippen LogP contribution in [0.25, 0.3) is 44.2 Å². The second-order valence-corrected chi connectivity index (χ2v) is 9.75. The fourth-order valence-electron chi connectivity index (χ4n) is 4.01. The number of hydrogen-bond donors (Lipinski definition) is 1. The van der Waals surface area contributed by atoms with Crippen LogP contribution in [-0.2, 0) is 4.65 Å². The summed E-state index contributed by atoms with van der Waals surface area (Å²) in [7, 11) is 1.74. The molecular weight excluding hydrogens is 419 g/mol. The molecule has 4 heteroatoms. The zero-order valence-corrected chi connectivity index (χ0v) is 20.0. The van der Waals surface area contributed by atoms with Crippen LogP contribution in [0, 0.1) is 0 Å². The molecule has 0 amide bonds. The Kier molecular flexibility index (Phi) is 5.59. The van der Waals surface area contributed by atoms with Crippen molar-refractivity contribution in [3.63, 3.8) is 0 Å². The molecule has 3 nitrogen and oxygen atoms in total. The first-order chi connectivity index (χ1) is 16.2. The summed E-state index contributed by atoms with van der Waals surface area (Å²) >= 11 is 0. The smallest absolute Gasteiger partial charge is 0.331 e. The third kappa shape index (κ3) is 4.04. The monoisotopic (exact) mass is 447 g/mol. The van der Waals surface area contributed by atoms with Crippen LogP contribution < -0.4 is 5.46 Å². The van der Waals surface area contributed by atoms with Gasteiger partial charge in [0.05, 0.1) is 11.2 Å². The lowest BCUT2D eigenvalue weighted by Gasteiger charge is -2.37. The summed E-state index contributed by atoms with van der Waals surface area (Å²) in [5.41, 5.74) is 5.32. The van der Waals surface area contributed by atoms with Gasteiger partial charge in [0.15, 0.2) is 0 Å². The Hall–Kier alpha value is -3.34. The number of fused-ring (bicyclic) bond motifs is 3. The van der Waals surface area contributed by atoms with Gasteiger partial charge < -0.3 is 14.2 Å². The summed E-state index contributed by atoms with van der Waals surface area (Å²) in [6.07, 6.45) is 0. The predicted octanol–water partition coefficient (Wildman–Crippen LogP) is 6.73. The van der Waals surface area contributed by atoms with Crippen LogP contribution in [0.5, 0.6) is 0 Å². The van der Waals surface area contributed by atoms with E-state index < -0.39 is 11.2 Å². The van der Waals surface area contributed by atoms with Crippen LogP contribution in [0.4, 0.5) is 0 Å². The average molecular weight is 447 g/mol. The molecule has 1 heterocycles. The highest BCUT2D eigenvalue weighted by molar-refractivity contribution is 6.53. The first-order valence-electron chi connectivity index (χ1n) is 11.6. The van der Waals surface area contributed by atoms with Gasteiger partial charge in [-0.05, 0) is 55.9 Å². The van der Waals surface area contributed by atoms with E-state index in [1.807, 2.05) is 38.1 Å². The summed E-state index contributed by atoms with van der Waals surface area (Å²) in [5, 5.41) is 12.5. The van der Waals surface area contributed by atoms with Crippen molar-refractivity contribution in [3.05, 3.63) is 91.0 Å². The highest BCUT2D eigenvalue weighted by atomic mass is 16.5. The van der Waals surface area contributed by atoms with Crippen molar-refractivity contribution in [2.24, 2.45) is 0 Å². The van der Waals surface area contributed by atoms with E-state index in [-0.39, 0.29) is 0 Å². The van der Waals surface area contributed by atoms with Gasteiger partial charge in [-0.15, -0.1) is 0 Å². The largest absolute Gasteiger partial charge is 0.455 e. The lowest BCUT2D eigenvalue weighted by atomic mass is 9.79. The normalized spacial score (nSPS) is 12.4. The highest BCUT2D eigenvalue weighted by Gasteiger charge is 2.36. The molecule has 169 valence electrons. The zero-order valence-electron chi connectivity index (χ0n) is 20.0. The number of rotatable bonds is 6. The summed E-state index contributed by atoms with van der Waals surface area (Å²) in [4.78, 5) is 0. The Morgan fingerprint density at radius 1 is 0.706 bits per heavy atom.